The highest BCUT2D eigenvalue weighted by atomic mass is 32.1. The quantitative estimate of drug-likeness (QED) is 0.885. The second-order valence-corrected chi connectivity index (χ2v) is 6.20. The molecule has 1 aromatic carbocycles. The van der Waals surface area contributed by atoms with E-state index >= 15 is 0 Å². The molecule has 1 aromatic heterocycles. The smallest absolute Gasteiger partial charge is 0.281 e. The number of benzene rings is 1. The lowest BCUT2D eigenvalue weighted by atomic mass is 10.2. The summed E-state index contributed by atoms with van der Waals surface area (Å²) in [6, 6.07) is 6.15. The molecule has 0 unspecified atom stereocenters. The number of hydrogen-bond donors (Lipinski definition) is 2. The molecule has 1 aliphatic heterocycles. The zero-order chi connectivity index (χ0) is 13.2. The summed E-state index contributed by atoms with van der Waals surface area (Å²) in [6.45, 7) is 4.86. The van der Waals surface area contributed by atoms with E-state index in [0.717, 1.165) is 23.3 Å². The minimum atomic E-state index is 0.0766. The summed E-state index contributed by atoms with van der Waals surface area (Å²) in [4.78, 5) is 17.8. The minimum Gasteiger partial charge on any atom is -0.327 e. The van der Waals surface area contributed by atoms with Crippen LogP contribution in [0.25, 0.3) is 10.2 Å². The van der Waals surface area contributed by atoms with Crippen LogP contribution in [0.3, 0.4) is 0 Å². The molecule has 0 atom stereocenters. The van der Waals surface area contributed by atoms with E-state index < -0.39 is 0 Å². The van der Waals surface area contributed by atoms with Gasteiger partial charge in [0.1, 0.15) is 0 Å². The van der Waals surface area contributed by atoms with Gasteiger partial charge in [-0.05, 0) is 24.6 Å². The van der Waals surface area contributed by atoms with Crippen molar-refractivity contribution in [2.24, 2.45) is 0 Å². The van der Waals surface area contributed by atoms with Gasteiger partial charge in [0, 0.05) is 12.8 Å². The average molecular weight is 276 g/mol. The van der Waals surface area contributed by atoms with Gasteiger partial charge in [0.05, 0.1) is 23.3 Å². The van der Waals surface area contributed by atoms with Gasteiger partial charge in [-0.25, -0.2) is 4.98 Å². The third-order valence-corrected chi connectivity index (χ3v) is 4.45. The van der Waals surface area contributed by atoms with E-state index in [1.165, 1.54) is 23.3 Å². The molecule has 19 heavy (non-hydrogen) atoms. The Hall–Kier alpha value is -1.46. The lowest BCUT2D eigenvalue weighted by molar-refractivity contribution is -0.878. The first-order chi connectivity index (χ1) is 9.20. The Labute approximate surface area is 116 Å². The van der Waals surface area contributed by atoms with Gasteiger partial charge in [0.25, 0.3) is 5.91 Å². The number of fused-ring (bicyclic) bond motifs is 1. The molecule has 1 saturated heterocycles. The Kier molecular flexibility index (Phi) is 3.48. The van der Waals surface area contributed by atoms with Crippen LogP contribution in [0.15, 0.2) is 18.2 Å². The molecule has 1 fully saturated rings. The minimum absolute atomic E-state index is 0.0766. The summed E-state index contributed by atoms with van der Waals surface area (Å²) in [5.74, 6) is 0.0766. The average Bonchev–Trinajstić information content (AvgIpc) is 2.97. The lowest BCUT2D eigenvalue weighted by Crippen LogP contribution is -3.11. The number of carbonyl (C=O) groups is 1. The number of likely N-dealkylation sites (tertiary alicyclic amines) is 1. The van der Waals surface area contributed by atoms with Crippen LogP contribution in [0.4, 0.5) is 5.13 Å². The van der Waals surface area contributed by atoms with Crippen molar-refractivity contribution in [1.29, 1.82) is 0 Å². The van der Waals surface area contributed by atoms with Crippen LogP contribution < -0.4 is 10.2 Å². The number of anilines is 1. The normalized spacial score (nSPS) is 16.1. The fourth-order valence-corrected chi connectivity index (χ4v) is 3.51. The molecule has 2 aromatic rings. The van der Waals surface area contributed by atoms with Gasteiger partial charge in [-0.15, -0.1) is 0 Å². The first kappa shape index (κ1) is 12.6. The van der Waals surface area contributed by atoms with Crippen molar-refractivity contribution in [2.75, 3.05) is 25.0 Å². The van der Waals surface area contributed by atoms with Gasteiger partial charge in [0.2, 0.25) is 0 Å². The molecule has 5 heteroatoms. The lowest BCUT2D eigenvalue weighted by Gasteiger charge is -2.10. The molecule has 1 aliphatic rings. The molecule has 0 spiro atoms. The van der Waals surface area contributed by atoms with Crippen molar-refractivity contribution in [3.63, 3.8) is 0 Å². The van der Waals surface area contributed by atoms with Gasteiger partial charge in [-0.3, -0.25) is 10.1 Å². The van der Waals surface area contributed by atoms with Gasteiger partial charge in [-0.1, -0.05) is 17.4 Å². The van der Waals surface area contributed by atoms with Crippen LogP contribution in [-0.4, -0.2) is 30.5 Å². The number of carbonyl (C=O) groups excluding carboxylic acids is 1. The molecule has 2 N–H and O–H groups in total. The van der Waals surface area contributed by atoms with Crippen LogP contribution in [0.5, 0.6) is 0 Å². The van der Waals surface area contributed by atoms with Crippen LogP contribution >= 0.6 is 11.3 Å². The first-order valence-corrected chi connectivity index (χ1v) is 7.53. The van der Waals surface area contributed by atoms with Gasteiger partial charge >= 0.3 is 0 Å². The largest absolute Gasteiger partial charge is 0.327 e. The summed E-state index contributed by atoms with van der Waals surface area (Å²) < 4.78 is 1.13. The zero-order valence-electron chi connectivity index (χ0n) is 11.0. The first-order valence-electron chi connectivity index (χ1n) is 6.71. The second kappa shape index (κ2) is 5.27. The van der Waals surface area contributed by atoms with E-state index in [0.29, 0.717) is 11.7 Å². The van der Waals surface area contributed by atoms with Gasteiger partial charge < -0.3 is 4.90 Å². The van der Waals surface area contributed by atoms with Crippen molar-refractivity contribution in [1.82, 2.24) is 4.98 Å². The number of aromatic nitrogens is 1. The standard InChI is InChI=1S/C14H17N3OS/c1-10-4-5-11-12(8-10)19-14(15-11)16-13(18)9-17-6-2-3-7-17/h4-5,8H,2-3,6-7,9H2,1H3,(H,15,16,18)/p+1. The predicted molar refractivity (Wildman–Crippen MR) is 77.8 cm³/mol. The third-order valence-electron chi connectivity index (χ3n) is 3.51. The number of hydrogen-bond acceptors (Lipinski definition) is 3. The predicted octanol–water partition coefficient (Wildman–Crippen LogP) is 1.22. The summed E-state index contributed by atoms with van der Waals surface area (Å²) in [7, 11) is 0. The Bertz CT molecular complexity index is 602. The Balaban J connectivity index is 1.68. The summed E-state index contributed by atoms with van der Waals surface area (Å²) in [5, 5.41) is 3.64. The molecule has 2 heterocycles. The van der Waals surface area contributed by atoms with Crippen LogP contribution in [0.2, 0.25) is 0 Å². The number of thiazole rings is 1. The van der Waals surface area contributed by atoms with E-state index in [9.17, 15) is 4.79 Å². The number of nitrogens with zero attached hydrogens (tertiary/aromatic N) is 1. The van der Waals surface area contributed by atoms with Gasteiger partial charge in [-0.2, -0.15) is 0 Å². The topological polar surface area (TPSA) is 46.4 Å². The third kappa shape index (κ3) is 2.93. The molecule has 0 radical (unpaired) electrons. The van der Waals surface area contributed by atoms with Crippen molar-refractivity contribution < 1.29 is 9.69 Å². The molecular weight excluding hydrogens is 258 g/mol. The Morgan fingerprint density at radius 3 is 3.00 bits per heavy atom. The van der Waals surface area contributed by atoms with E-state index in [4.69, 9.17) is 0 Å². The maximum atomic E-state index is 11.9. The van der Waals surface area contributed by atoms with Crippen LogP contribution in [0, 0.1) is 6.92 Å². The molecule has 0 bridgehead atoms. The number of nitrogens with one attached hydrogen (secondary N) is 2. The zero-order valence-corrected chi connectivity index (χ0v) is 11.8. The number of amides is 1. The van der Waals surface area contributed by atoms with Crippen LogP contribution in [-0.2, 0) is 4.79 Å². The van der Waals surface area contributed by atoms with Crippen molar-refractivity contribution >= 4 is 32.6 Å². The van der Waals surface area contributed by atoms with Crippen molar-refractivity contribution in [2.45, 2.75) is 19.8 Å². The summed E-state index contributed by atoms with van der Waals surface area (Å²) >= 11 is 1.55. The molecule has 100 valence electrons. The second-order valence-electron chi connectivity index (χ2n) is 5.17. The molecule has 4 nitrogen and oxygen atoms in total. The number of aryl methyl sites for hydroxylation is 1. The van der Waals surface area contributed by atoms with Crippen molar-refractivity contribution in [3.05, 3.63) is 23.8 Å². The Morgan fingerprint density at radius 1 is 1.42 bits per heavy atom. The highest BCUT2D eigenvalue weighted by Gasteiger charge is 2.19. The van der Waals surface area contributed by atoms with E-state index in [1.807, 2.05) is 12.1 Å². The number of rotatable bonds is 3. The maximum Gasteiger partial charge on any atom is 0.281 e. The SMILES string of the molecule is Cc1ccc2nc(NC(=O)C[NH+]3CCCC3)sc2c1. The highest BCUT2D eigenvalue weighted by Crippen LogP contribution is 2.26. The van der Waals surface area contributed by atoms with E-state index in [1.54, 1.807) is 11.3 Å². The summed E-state index contributed by atoms with van der Waals surface area (Å²) in [6.07, 6.45) is 2.48. The molecule has 0 aliphatic carbocycles. The fourth-order valence-electron chi connectivity index (χ4n) is 2.53. The van der Waals surface area contributed by atoms with Gasteiger partial charge in [0.15, 0.2) is 11.7 Å². The van der Waals surface area contributed by atoms with E-state index in [2.05, 4.69) is 23.3 Å². The molecule has 1 amide bonds. The highest BCUT2D eigenvalue weighted by molar-refractivity contribution is 7.22. The van der Waals surface area contributed by atoms with Crippen LogP contribution in [0.1, 0.15) is 18.4 Å². The summed E-state index contributed by atoms with van der Waals surface area (Å²) in [5.41, 5.74) is 2.18. The monoisotopic (exact) mass is 276 g/mol. The number of quaternary nitrogens is 1. The van der Waals surface area contributed by atoms with E-state index in [-0.39, 0.29) is 5.91 Å². The molecule has 3 rings (SSSR count). The molecular formula is C14H18N3OS+. The van der Waals surface area contributed by atoms with Crippen molar-refractivity contribution in [3.8, 4) is 0 Å². The fraction of sp³-hybridized carbons (Fsp3) is 0.429. The Morgan fingerprint density at radius 2 is 2.21 bits per heavy atom. The molecule has 0 saturated carbocycles. The maximum absolute atomic E-state index is 11.9.